The summed E-state index contributed by atoms with van der Waals surface area (Å²) in [7, 11) is 1.69. The summed E-state index contributed by atoms with van der Waals surface area (Å²) < 4.78 is 36.1. The number of nitrogens with one attached hydrogen (secondary N) is 2. The number of alkyl halides is 2. The predicted octanol–water partition coefficient (Wildman–Crippen LogP) is 3.55. The van der Waals surface area contributed by atoms with E-state index in [1.165, 1.54) is 13.0 Å². The van der Waals surface area contributed by atoms with Gasteiger partial charge in [-0.2, -0.15) is 4.98 Å². The first-order valence-electron chi connectivity index (χ1n) is 11.0. The fraction of sp³-hybridized carbons (Fsp3) is 0.455. The van der Waals surface area contributed by atoms with Gasteiger partial charge in [0, 0.05) is 44.8 Å². The molecule has 3 aromatic rings. The van der Waals surface area contributed by atoms with Gasteiger partial charge in [0.05, 0.1) is 29.2 Å². The Morgan fingerprint density at radius 3 is 2.79 bits per heavy atom. The van der Waals surface area contributed by atoms with Gasteiger partial charge in [-0.05, 0) is 25.0 Å². The number of halogens is 2. The summed E-state index contributed by atoms with van der Waals surface area (Å²) in [5.41, 5.74) is 1.37. The zero-order chi connectivity index (χ0) is 23.2. The molecule has 1 saturated heterocycles. The highest BCUT2D eigenvalue weighted by molar-refractivity contribution is 5.93. The average Bonchev–Trinajstić information content (AvgIpc) is 3.54. The van der Waals surface area contributed by atoms with Crippen molar-refractivity contribution in [2.45, 2.75) is 38.2 Å². The highest BCUT2D eigenvalue weighted by Crippen LogP contribution is 2.38. The Kier molecular flexibility index (Phi) is 5.35. The minimum absolute atomic E-state index is 0.0279. The van der Waals surface area contributed by atoms with Gasteiger partial charge >= 0.3 is 0 Å². The van der Waals surface area contributed by atoms with Crippen molar-refractivity contribution in [3.63, 3.8) is 0 Å². The van der Waals surface area contributed by atoms with E-state index >= 15 is 0 Å². The quantitative estimate of drug-likeness (QED) is 0.534. The lowest BCUT2D eigenvalue weighted by molar-refractivity contribution is -0.117. The lowest BCUT2D eigenvalue weighted by Gasteiger charge is -2.39. The van der Waals surface area contributed by atoms with Gasteiger partial charge in [-0.1, -0.05) is 6.92 Å². The topological polar surface area (TPSA) is 96.7 Å². The van der Waals surface area contributed by atoms with Crippen molar-refractivity contribution in [1.82, 2.24) is 19.6 Å². The summed E-state index contributed by atoms with van der Waals surface area (Å²) in [6.07, 6.45) is 4.43. The molecule has 33 heavy (non-hydrogen) atoms. The molecule has 0 atom stereocenters. The van der Waals surface area contributed by atoms with Crippen LogP contribution >= 0.6 is 0 Å². The van der Waals surface area contributed by atoms with Crippen molar-refractivity contribution in [3.8, 4) is 0 Å². The molecule has 174 valence electrons. The highest BCUT2D eigenvalue weighted by Gasteiger charge is 2.34. The van der Waals surface area contributed by atoms with Gasteiger partial charge in [0.1, 0.15) is 5.82 Å². The number of amides is 1. The van der Waals surface area contributed by atoms with Gasteiger partial charge in [-0.3, -0.25) is 4.79 Å². The molecule has 1 amide bonds. The molecule has 3 aromatic heterocycles. The molecule has 1 saturated carbocycles. The summed E-state index contributed by atoms with van der Waals surface area (Å²) in [6.45, 7) is 2.99. The second-order valence-corrected chi connectivity index (χ2v) is 8.45. The predicted molar refractivity (Wildman–Crippen MR) is 119 cm³/mol. The van der Waals surface area contributed by atoms with Crippen LogP contribution in [-0.2, 0) is 15.5 Å². The Hall–Kier alpha value is -3.34. The Bertz CT molecular complexity index is 1190. The Labute approximate surface area is 189 Å². The molecular formula is C22H25F2N7O2. The third kappa shape index (κ3) is 4.32. The molecule has 0 unspecified atom stereocenters. The van der Waals surface area contributed by atoms with Crippen LogP contribution in [0.4, 0.5) is 31.9 Å². The van der Waals surface area contributed by atoms with E-state index in [1.54, 1.807) is 11.6 Å². The molecule has 2 N–H and O–H groups in total. The van der Waals surface area contributed by atoms with Crippen molar-refractivity contribution in [2.24, 2.45) is 5.92 Å². The molecule has 9 nitrogen and oxygen atoms in total. The Balaban J connectivity index is 1.42. The third-order valence-corrected chi connectivity index (χ3v) is 6.05. The molecule has 0 radical (unpaired) electrons. The first-order valence-corrected chi connectivity index (χ1v) is 11.0. The molecule has 2 fully saturated rings. The fourth-order valence-electron chi connectivity index (χ4n) is 3.71. The number of hydrogen-bond donors (Lipinski definition) is 2. The summed E-state index contributed by atoms with van der Waals surface area (Å²) >= 11 is 0. The van der Waals surface area contributed by atoms with Crippen molar-refractivity contribution < 1.29 is 18.3 Å². The first-order chi connectivity index (χ1) is 15.9. The molecule has 4 heterocycles. The van der Waals surface area contributed by atoms with Crippen LogP contribution in [0.5, 0.6) is 0 Å². The number of ether oxygens (including phenoxy) is 1. The van der Waals surface area contributed by atoms with Gasteiger partial charge in [0.15, 0.2) is 5.65 Å². The van der Waals surface area contributed by atoms with E-state index in [4.69, 9.17) is 4.74 Å². The van der Waals surface area contributed by atoms with Crippen LogP contribution in [-0.4, -0.2) is 51.8 Å². The molecule has 0 aromatic carbocycles. The number of pyridine rings is 2. The highest BCUT2D eigenvalue weighted by atomic mass is 19.3. The van der Waals surface area contributed by atoms with Crippen molar-refractivity contribution >= 4 is 34.7 Å². The van der Waals surface area contributed by atoms with Crippen LogP contribution < -0.4 is 15.5 Å². The second kappa shape index (κ2) is 8.22. The van der Waals surface area contributed by atoms with Crippen LogP contribution in [0.3, 0.4) is 0 Å². The van der Waals surface area contributed by atoms with Gasteiger partial charge in [0.2, 0.25) is 11.9 Å². The number of nitrogens with zero attached hydrogens (tertiary/aromatic N) is 5. The van der Waals surface area contributed by atoms with Crippen LogP contribution in [0.25, 0.3) is 5.65 Å². The van der Waals surface area contributed by atoms with Crippen LogP contribution in [0.1, 0.15) is 31.7 Å². The Morgan fingerprint density at radius 2 is 2.09 bits per heavy atom. The largest absolute Gasteiger partial charge is 0.378 e. The monoisotopic (exact) mass is 457 g/mol. The van der Waals surface area contributed by atoms with E-state index in [0.717, 1.165) is 37.8 Å². The van der Waals surface area contributed by atoms with Gasteiger partial charge < -0.3 is 20.3 Å². The number of rotatable bonds is 8. The number of anilines is 4. The Morgan fingerprint density at radius 1 is 1.30 bits per heavy atom. The first kappa shape index (κ1) is 21.5. The summed E-state index contributed by atoms with van der Waals surface area (Å²) in [5, 5.41) is 10.0. The van der Waals surface area contributed by atoms with E-state index in [9.17, 15) is 13.6 Å². The maximum absolute atomic E-state index is 14.6. The van der Waals surface area contributed by atoms with E-state index in [2.05, 4.69) is 30.6 Å². The van der Waals surface area contributed by atoms with Crippen LogP contribution in [0.15, 0.2) is 30.6 Å². The molecule has 5 rings (SSSR count). The molecule has 2 aliphatic rings. The summed E-state index contributed by atoms with van der Waals surface area (Å²) in [5.74, 6) is -2.90. The maximum Gasteiger partial charge on any atom is 0.276 e. The lowest BCUT2D eigenvalue weighted by Crippen LogP contribution is -2.51. The normalized spacial score (nSPS) is 16.7. The van der Waals surface area contributed by atoms with E-state index in [1.807, 2.05) is 18.3 Å². The van der Waals surface area contributed by atoms with E-state index in [-0.39, 0.29) is 40.9 Å². The van der Waals surface area contributed by atoms with Crippen molar-refractivity contribution in [2.75, 3.05) is 35.7 Å². The molecule has 0 spiro atoms. The maximum atomic E-state index is 14.6. The number of hydrogen-bond acceptors (Lipinski definition) is 7. The number of fused-ring (bicyclic) bond motifs is 1. The molecule has 0 bridgehead atoms. The van der Waals surface area contributed by atoms with Gasteiger partial charge in [0.25, 0.3) is 5.92 Å². The second-order valence-electron chi connectivity index (χ2n) is 8.45. The minimum atomic E-state index is -3.10. The number of aromatic nitrogens is 4. The minimum Gasteiger partial charge on any atom is -0.378 e. The standard InChI is InChI=1S/C22H25F2N7O2/c1-3-22(23,24)16-9-25-18(27-20(32)13-4-5-13)8-17(16)26-21-28-19-7-6-14(10-31(19)29-21)30-11-15(12-30)33-2/h6-10,13,15H,3-5,11-12H2,1-2H3,(H2,25,26,27,29,32). The smallest absolute Gasteiger partial charge is 0.276 e. The summed E-state index contributed by atoms with van der Waals surface area (Å²) in [6, 6.07) is 5.17. The number of methoxy groups -OCH3 is 1. The molecule has 1 aliphatic heterocycles. The number of carbonyl (C=O) groups excluding carboxylic acids is 1. The summed E-state index contributed by atoms with van der Waals surface area (Å²) in [4.78, 5) is 22.7. The van der Waals surface area contributed by atoms with E-state index < -0.39 is 12.3 Å². The zero-order valence-corrected chi connectivity index (χ0v) is 18.4. The van der Waals surface area contributed by atoms with Crippen LogP contribution in [0.2, 0.25) is 0 Å². The van der Waals surface area contributed by atoms with Crippen molar-refractivity contribution in [3.05, 3.63) is 36.2 Å². The third-order valence-electron chi connectivity index (χ3n) is 6.05. The molecule has 1 aliphatic carbocycles. The van der Waals surface area contributed by atoms with Crippen molar-refractivity contribution in [1.29, 1.82) is 0 Å². The van der Waals surface area contributed by atoms with Gasteiger partial charge in [-0.15, -0.1) is 5.10 Å². The fourth-order valence-corrected chi connectivity index (χ4v) is 3.71. The lowest BCUT2D eigenvalue weighted by atomic mass is 10.1. The van der Waals surface area contributed by atoms with Crippen LogP contribution in [0, 0.1) is 5.92 Å². The number of carbonyl (C=O) groups is 1. The van der Waals surface area contributed by atoms with Gasteiger partial charge in [-0.25, -0.2) is 18.3 Å². The zero-order valence-electron chi connectivity index (χ0n) is 18.4. The van der Waals surface area contributed by atoms with E-state index in [0.29, 0.717) is 5.65 Å². The average molecular weight is 457 g/mol. The SMILES string of the molecule is CCC(F)(F)c1cnc(NC(=O)C2CC2)cc1Nc1nc2ccc(N3CC(OC)C3)cn2n1. The molecular weight excluding hydrogens is 432 g/mol. The molecule has 11 heteroatoms.